The van der Waals surface area contributed by atoms with E-state index in [-0.39, 0.29) is 28.4 Å². The Morgan fingerprint density at radius 3 is 0.908 bits per heavy atom. The van der Waals surface area contributed by atoms with Crippen LogP contribution in [0.25, 0.3) is 55.0 Å². The molecule has 2 aliphatic rings. The molecular weight excluding hydrogens is 920 g/mol. The van der Waals surface area contributed by atoms with Gasteiger partial charge >= 0.3 is 0 Å². The number of aromatic nitrogens is 2. The summed E-state index contributed by atoms with van der Waals surface area (Å²) in [6.45, 7) is 30.5. The van der Waals surface area contributed by atoms with Crippen molar-refractivity contribution >= 4 is 101 Å². The Labute approximate surface area is 450 Å². The van der Waals surface area contributed by atoms with Crippen molar-refractivity contribution in [1.82, 2.24) is 9.13 Å². The molecule has 0 aliphatic carbocycles. The van der Waals surface area contributed by atoms with Gasteiger partial charge in [0.1, 0.15) is 0 Å². The van der Waals surface area contributed by atoms with Gasteiger partial charge in [-0.1, -0.05) is 180 Å². The van der Waals surface area contributed by atoms with Gasteiger partial charge in [-0.2, -0.15) is 0 Å². The molecule has 376 valence electrons. The van der Waals surface area contributed by atoms with Crippen LogP contribution in [0.15, 0.2) is 182 Å². The second-order valence-corrected chi connectivity index (χ2v) is 26.1. The van der Waals surface area contributed by atoms with Crippen LogP contribution in [-0.4, -0.2) is 15.8 Å². The highest BCUT2D eigenvalue weighted by molar-refractivity contribution is 7.00. The molecule has 0 unspecified atom stereocenters. The zero-order valence-electron chi connectivity index (χ0n) is 46.7. The lowest BCUT2D eigenvalue weighted by molar-refractivity contribution is 0.568. The number of hydrogen-bond donors (Lipinski definition) is 0. The first-order valence-electron chi connectivity index (χ1n) is 27.5. The summed E-state index contributed by atoms with van der Waals surface area (Å²) in [6.07, 6.45) is 0. The number of rotatable bonds is 4. The molecule has 5 heteroatoms. The van der Waals surface area contributed by atoms with Gasteiger partial charge in [-0.05, 0) is 158 Å². The molecule has 4 nitrogen and oxygen atoms in total. The summed E-state index contributed by atoms with van der Waals surface area (Å²) >= 11 is 0. The number of para-hydroxylation sites is 4. The molecule has 0 bridgehead atoms. The second-order valence-electron chi connectivity index (χ2n) is 26.1. The van der Waals surface area contributed by atoms with Gasteiger partial charge in [-0.15, -0.1) is 0 Å². The van der Waals surface area contributed by atoms with Crippen LogP contribution in [0.3, 0.4) is 0 Å². The maximum absolute atomic E-state index is 2.64. The smallest absolute Gasteiger partial charge is 0.252 e. The second kappa shape index (κ2) is 16.6. The fourth-order valence-electron chi connectivity index (χ4n) is 12.6. The third-order valence-electron chi connectivity index (χ3n) is 16.7. The van der Waals surface area contributed by atoms with E-state index in [0.717, 1.165) is 11.4 Å². The Bertz CT molecular complexity index is 3760. The number of anilines is 6. The number of nitrogens with zero attached hydrogens (tertiary/aromatic N) is 4. The zero-order chi connectivity index (χ0) is 53.0. The van der Waals surface area contributed by atoms with Crippen LogP contribution < -0.4 is 26.2 Å². The molecule has 9 aromatic carbocycles. The number of benzene rings is 9. The van der Waals surface area contributed by atoms with Crippen LogP contribution >= 0.6 is 0 Å². The summed E-state index contributed by atoms with van der Waals surface area (Å²) in [7, 11) is 0. The van der Waals surface area contributed by atoms with Crippen LogP contribution in [-0.2, 0) is 21.7 Å². The normalized spacial score (nSPS) is 13.8. The van der Waals surface area contributed by atoms with E-state index in [0.29, 0.717) is 0 Å². The zero-order valence-corrected chi connectivity index (χ0v) is 46.7. The summed E-state index contributed by atoms with van der Waals surface area (Å²) in [4.78, 5) is 5.28. The first-order valence-corrected chi connectivity index (χ1v) is 27.5. The summed E-state index contributed by atoms with van der Waals surface area (Å²) in [5, 5.41) is 5.04. The maximum atomic E-state index is 2.64. The van der Waals surface area contributed by atoms with Gasteiger partial charge in [0.25, 0.3) is 6.71 Å². The third-order valence-corrected chi connectivity index (χ3v) is 16.7. The highest BCUT2D eigenvalue weighted by Crippen LogP contribution is 2.49. The summed E-state index contributed by atoms with van der Waals surface area (Å²) in [6, 6.07) is 70.1. The number of aryl methyl sites for hydroxylation is 1. The quantitative estimate of drug-likeness (QED) is 0.163. The number of hydrogen-bond acceptors (Lipinski definition) is 2. The lowest BCUT2D eigenvalue weighted by atomic mass is 9.33. The molecule has 0 radical (unpaired) electrons. The molecule has 4 heterocycles. The van der Waals surface area contributed by atoms with E-state index in [9.17, 15) is 0 Å². The Hall–Kier alpha value is -7.76. The summed E-state index contributed by atoms with van der Waals surface area (Å²) in [5.74, 6) is 0. The molecule has 0 saturated heterocycles. The standard InChI is InChI=1S/C71H69BN4/c1-44-34-65-67-66(35-44)76(52-40-47(70(8,9)10)37-48(41-52)71(11,12)13)64-43-50(74-61-28-20-16-24-55(61)56-25-17-21-29-62(56)74)31-33-58(64)72(67)57-32-30-49(73-59-26-18-14-22-53(59)54-23-15-19-27-60(54)73)42-63(57)75(65)51-38-45(68(2,3)4)36-46(39-51)69(5,6)7/h14-43H,1-13H3. The van der Waals surface area contributed by atoms with Crippen molar-refractivity contribution in [1.29, 1.82) is 0 Å². The van der Waals surface area contributed by atoms with Crippen molar-refractivity contribution in [2.75, 3.05) is 9.80 Å². The van der Waals surface area contributed by atoms with Gasteiger partial charge in [-0.3, -0.25) is 0 Å². The van der Waals surface area contributed by atoms with E-state index in [4.69, 9.17) is 0 Å². The highest BCUT2D eigenvalue weighted by Gasteiger charge is 2.44. The van der Waals surface area contributed by atoms with Crippen molar-refractivity contribution < 1.29 is 0 Å². The fourth-order valence-corrected chi connectivity index (χ4v) is 12.6. The van der Waals surface area contributed by atoms with Crippen LogP contribution in [0.1, 0.15) is 111 Å². The van der Waals surface area contributed by atoms with E-state index in [1.807, 2.05) is 0 Å². The molecule has 0 N–H and O–H groups in total. The molecule has 0 saturated carbocycles. The molecule has 76 heavy (non-hydrogen) atoms. The van der Waals surface area contributed by atoms with Crippen LogP contribution in [0.5, 0.6) is 0 Å². The molecule has 2 aliphatic heterocycles. The minimum atomic E-state index is -0.0827. The molecule has 11 aromatic rings. The number of fused-ring (bicyclic) bond motifs is 10. The fraction of sp³-hybridized carbons (Fsp3) is 0.239. The molecule has 0 spiro atoms. The Kier molecular flexibility index (Phi) is 10.5. The van der Waals surface area contributed by atoms with Gasteiger partial charge in [0.05, 0.1) is 22.1 Å². The first kappa shape index (κ1) is 47.9. The molecule has 0 amide bonds. The van der Waals surface area contributed by atoms with Gasteiger partial charge in [0, 0.05) is 67.0 Å². The van der Waals surface area contributed by atoms with Crippen molar-refractivity contribution in [3.63, 3.8) is 0 Å². The molecule has 2 aromatic heterocycles. The monoisotopic (exact) mass is 989 g/mol. The predicted molar refractivity (Wildman–Crippen MR) is 329 cm³/mol. The summed E-state index contributed by atoms with van der Waals surface area (Å²) < 4.78 is 4.96. The van der Waals surface area contributed by atoms with E-state index >= 15 is 0 Å². The van der Waals surface area contributed by atoms with Gasteiger partial charge in [-0.25, -0.2) is 0 Å². The van der Waals surface area contributed by atoms with Crippen LogP contribution in [0.4, 0.5) is 34.1 Å². The minimum absolute atomic E-state index is 0.0664. The van der Waals surface area contributed by atoms with E-state index < -0.39 is 0 Å². The minimum Gasteiger partial charge on any atom is -0.311 e. The lowest BCUT2D eigenvalue weighted by Gasteiger charge is -2.45. The Morgan fingerprint density at radius 2 is 0.605 bits per heavy atom. The van der Waals surface area contributed by atoms with E-state index in [2.05, 4.69) is 291 Å². The highest BCUT2D eigenvalue weighted by atomic mass is 15.2. The largest absolute Gasteiger partial charge is 0.311 e. The average molecular weight is 989 g/mol. The van der Waals surface area contributed by atoms with Crippen molar-refractivity contribution in [2.45, 2.75) is 112 Å². The Morgan fingerprint density at radius 1 is 0.303 bits per heavy atom. The predicted octanol–water partition coefficient (Wildman–Crippen LogP) is 17.5. The van der Waals surface area contributed by atoms with Crippen molar-refractivity contribution in [3.8, 4) is 11.4 Å². The maximum Gasteiger partial charge on any atom is 0.252 e. The average Bonchev–Trinajstić information content (AvgIpc) is 4.04. The Balaban J connectivity index is 1.16. The summed E-state index contributed by atoms with van der Waals surface area (Å²) in [5.41, 5.74) is 24.5. The van der Waals surface area contributed by atoms with Gasteiger partial charge < -0.3 is 18.9 Å². The van der Waals surface area contributed by atoms with E-state index in [1.54, 1.807) is 0 Å². The van der Waals surface area contributed by atoms with Gasteiger partial charge in [0.2, 0.25) is 0 Å². The van der Waals surface area contributed by atoms with Crippen molar-refractivity contribution in [3.05, 3.63) is 210 Å². The lowest BCUT2D eigenvalue weighted by Crippen LogP contribution is -2.61. The van der Waals surface area contributed by atoms with Crippen LogP contribution in [0, 0.1) is 6.92 Å². The first-order chi connectivity index (χ1) is 36.1. The molecule has 0 fully saturated rings. The molecule has 13 rings (SSSR count). The van der Waals surface area contributed by atoms with Gasteiger partial charge in [0.15, 0.2) is 0 Å². The van der Waals surface area contributed by atoms with Crippen molar-refractivity contribution in [2.24, 2.45) is 0 Å². The molecular formula is C71H69BN4. The molecule has 0 atom stereocenters. The third kappa shape index (κ3) is 7.47. The van der Waals surface area contributed by atoms with Crippen LogP contribution in [0.2, 0.25) is 0 Å². The SMILES string of the molecule is Cc1cc2c3c(c1)N(c1cc(C(C)(C)C)cc(C(C)(C)C)c1)c1cc(-n4c5ccccc5c5ccccc54)ccc1B3c1ccc(-n3c4ccccc4c4ccccc43)cc1N2c1cc(C(C)(C)C)cc(C(C)(C)C)c1. The topological polar surface area (TPSA) is 16.3 Å². The van der Waals surface area contributed by atoms with E-state index in [1.165, 1.54) is 122 Å².